The van der Waals surface area contributed by atoms with E-state index < -0.39 is 0 Å². The molecule has 0 aliphatic carbocycles. The molecule has 0 aliphatic heterocycles. The van der Waals surface area contributed by atoms with E-state index in [9.17, 15) is 0 Å². The van der Waals surface area contributed by atoms with Crippen molar-refractivity contribution in [1.29, 1.82) is 0 Å². The molecule has 5 heteroatoms. The molecule has 38 valence electrons. The van der Waals surface area contributed by atoms with Crippen molar-refractivity contribution in [3.8, 4) is 0 Å². The fourth-order valence-corrected chi connectivity index (χ4v) is 0.609. The monoisotopic (exact) mass is 134 g/mol. The van der Waals surface area contributed by atoms with Crippen molar-refractivity contribution in [1.82, 2.24) is 10.1 Å². The van der Waals surface area contributed by atoms with Gasteiger partial charge in [-0.15, -0.1) is 11.7 Å². The van der Waals surface area contributed by atoms with Crippen molar-refractivity contribution >= 4 is 22.5 Å². The van der Waals surface area contributed by atoms with Gasteiger partial charge in [-0.1, -0.05) is 0 Å². The molecule has 0 fully saturated rings. The van der Waals surface area contributed by atoms with Gasteiger partial charge in [0.2, 0.25) is 11.6 Å². The average Bonchev–Trinajstić information content (AvgIpc) is 2.14. The van der Waals surface area contributed by atoms with Crippen molar-refractivity contribution in [2.45, 2.75) is 5.16 Å². The second-order valence-corrected chi connectivity index (χ2v) is 1.90. The largest absolute Gasteiger partial charge is 0.342 e. The van der Waals surface area contributed by atoms with Crippen molar-refractivity contribution < 1.29 is 4.52 Å². The molecule has 0 saturated carbocycles. The summed E-state index contributed by atoms with van der Waals surface area (Å²) in [5.41, 5.74) is 0. The average molecular weight is 134 g/mol. The Morgan fingerprint density at radius 2 is 2.71 bits per heavy atom. The van der Waals surface area contributed by atoms with E-state index in [0.717, 1.165) is 10.8 Å². The molecule has 0 spiro atoms. The summed E-state index contributed by atoms with van der Waals surface area (Å²) in [7, 11) is 1.15. The lowest BCUT2D eigenvalue weighted by atomic mass is 11.3. The van der Waals surface area contributed by atoms with Crippen LogP contribution in [0.2, 0.25) is 0 Å². The molecule has 0 bridgehead atoms. The van der Waals surface area contributed by atoms with Crippen LogP contribution in [0.15, 0.2) is 16.1 Å². The molecule has 1 aromatic heterocycles. The molecule has 0 amide bonds. The zero-order valence-corrected chi connectivity index (χ0v) is 4.95. The molecule has 1 heterocycles. The van der Waals surface area contributed by atoms with Crippen LogP contribution in [0.25, 0.3) is 0 Å². The molecular weight excluding hydrogens is 132 g/mol. The van der Waals surface area contributed by atoms with Crippen LogP contribution < -0.4 is 0 Å². The zero-order chi connectivity index (χ0) is 5.11. The van der Waals surface area contributed by atoms with Gasteiger partial charge >= 0.3 is 0 Å². The van der Waals surface area contributed by atoms with Gasteiger partial charge in [0.15, 0.2) is 0 Å². The summed E-state index contributed by atoms with van der Waals surface area (Å²) < 4.78 is 4.37. The topological polar surface area (TPSA) is 38.9 Å². The molecule has 1 rings (SSSR count). The minimum Gasteiger partial charge on any atom is -0.342 e. The van der Waals surface area contributed by atoms with Crippen LogP contribution in [0.4, 0.5) is 0 Å². The van der Waals surface area contributed by atoms with Gasteiger partial charge in [-0.3, -0.25) is 0 Å². The summed E-state index contributed by atoms with van der Waals surface area (Å²) in [5.74, 6) is 0. The predicted molar refractivity (Wildman–Crippen MR) is 29.1 cm³/mol. The normalized spacial score (nSPS) is 9.29. The van der Waals surface area contributed by atoms with Crippen LogP contribution in [-0.2, 0) is 0 Å². The minimum absolute atomic E-state index is 0.545. The summed E-state index contributed by atoms with van der Waals surface area (Å²) in [6.07, 6.45) is 1.26. The van der Waals surface area contributed by atoms with Gasteiger partial charge in [-0.05, 0) is 16.0 Å². The first-order valence-electron chi connectivity index (χ1n) is 1.51. The first-order chi connectivity index (χ1) is 3.43. The quantitative estimate of drug-likeness (QED) is 0.459. The predicted octanol–water partition coefficient (Wildman–Crippen LogP) is 1.01. The van der Waals surface area contributed by atoms with Crippen molar-refractivity contribution in [2.75, 3.05) is 0 Å². The minimum atomic E-state index is 0.545. The summed E-state index contributed by atoms with van der Waals surface area (Å²) in [6, 6.07) is 0. The lowest BCUT2D eigenvalue weighted by molar-refractivity contribution is 0.403. The Bertz CT molecular complexity index is 128. The summed E-state index contributed by atoms with van der Waals surface area (Å²) >= 11 is 3.81. The Balaban J connectivity index is 2.76. The van der Waals surface area contributed by atoms with E-state index in [2.05, 4.69) is 26.3 Å². The van der Waals surface area contributed by atoms with Crippen LogP contribution in [0.5, 0.6) is 0 Å². The smallest absolute Gasteiger partial charge is 0.239 e. The van der Waals surface area contributed by atoms with E-state index in [1.807, 2.05) is 0 Å². The highest BCUT2D eigenvalue weighted by Crippen LogP contribution is 2.13. The van der Waals surface area contributed by atoms with Crippen LogP contribution in [-0.4, -0.2) is 10.1 Å². The molecule has 7 heavy (non-hydrogen) atoms. The van der Waals surface area contributed by atoms with Crippen LogP contribution >= 0.6 is 22.5 Å². The first kappa shape index (κ1) is 4.99. The Labute approximate surface area is 49.3 Å². The van der Waals surface area contributed by atoms with Gasteiger partial charge in [-0.25, -0.2) is 0 Å². The van der Waals surface area contributed by atoms with Crippen molar-refractivity contribution in [3.05, 3.63) is 6.39 Å². The second kappa shape index (κ2) is 2.23. The SMILES string of the molecule is SSc1ncon1. The van der Waals surface area contributed by atoms with Crippen LogP contribution in [0.3, 0.4) is 0 Å². The molecule has 0 atom stereocenters. The number of hydrogen-bond donors (Lipinski definition) is 1. The lowest BCUT2D eigenvalue weighted by Gasteiger charge is -1.71. The maximum absolute atomic E-state index is 4.37. The molecule has 0 aliphatic rings. The third kappa shape index (κ3) is 1.10. The Kier molecular flexibility index (Phi) is 1.59. The van der Waals surface area contributed by atoms with Gasteiger partial charge in [0.25, 0.3) is 0 Å². The van der Waals surface area contributed by atoms with Gasteiger partial charge < -0.3 is 4.52 Å². The zero-order valence-electron chi connectivity index (χ0n) is 3.24. The van der Waals surface area contributed by atoms with E-state index in [1.165, 1.54) is 6.39 Å². The number of rotatable bonds is 1. The third-order valence-corrected chi connectivity index (χ3v) is 1.26. The Morgan fingerprint density at radius 1 is 1.86 bits per heavy atom. The van der Waals surface area contributed by atoms with Crippen LogP contribution in [0.1, 0.15) is 0 Å². The van der Waals surface area contributed by atoms with Gasteiger partial charge in [-0.2, -0.15) is 4.98 Å². The molecule has 0 N–H and O–H groups in total. The lowest BCUT2D eigenvalue weighted by Crippen LogP contribution is -1.63. The molecule has 0 radical (unpaired) electrons. The fraction of sp³-hybridized carbons (Fsp3) is 0. The van der Waals surface area contributed by atoms with Crippen molar-refractivity contribution in [3.63, 3.8) is 0 Å². The Morgan fingerprint density at radius 3 is 3.00 bits per heavy atom. The molecule has 3 nitrogen and oxygen atoms in total. The standard InChI is InChI=1S/C2H2N2OS2/c6-7-2-3-1-5-4-2/h1,6H. The number of nitrogens with zero attached hydrogens (tertiary/aromatic N) is 2. The molecule has 0 aromatic carbocycles. The summed E-state index contributed by atoms with van der Waals surface area (Å²) in [4.78, 5) is 3.64. The number of hydrogen-bond acceptors (Lipinski definition) is 5. The summed E-state index contributed by atoms with van der Waals surface area (Å²) in [6.45, 7) is 0. The van der Waals surface area contributed by atoms with Gasteiger partial charge in [0.05, 0.1) is 0 Å². The van der Waals surface area contributed by atoms with Gasteiger partial charge in [0, 0.05) is 0 Å². The maximum Gasteiger partial charge on any atom is 0.239 e. The highest BCUT2D eigenvalue weighted by atomic mass is 33.1. The van der Waals surface area contributed by atoms with E-state index in [4.69, 9.17) is 0 Å². The van der Waals surface area contributed by atoms with E-state index in [-0.39, 0.29) is 0 Å². The highest BCUT2D eigenvalue weighted by Gasteiger charge is 1.90. The number of thiol groups is 1. The molecule has 0 saturated heterocycles. The highest BCUT2D eigenvalue weighted by molar-refractivity contribution is 8.68. The second-order valence-electron chi connectivity index (χ2n) is 0.805. The summed E-state index contributed by atoms with van der Waals surface area (Å²) in [5, 5.41) is 3.98. The van der Waals surface area contributed by atoms with Crippen LogP contribution in [0, 0.1) is 0 Å². The van der Waals surface area contributed by atoms with Gasteiger partial charge in [0.1, 0.15) is 0 Å². The molecule has 0 unspecified atom stereocenters. The van der Waals surface area contributed by atoms with E-state index in [1.54, 1.807) is 0 Å². The third-order valence-electron chi connectivity index (χ3n) is 0.423. The first-order valence-corrected chi connectivity index (χ1v) is 3.38. The van der Waals surface area contributed by atoms with Crippen molar-refractivity contribution in [2.24, 2.45) is 0 Å². The molecular formula is C2H2N2OS2. The van der Waals surface area contributed by atoms with E-state index >= 15 is 0 Å². The molecule has 1 aromatic rings. The fourth-order valence-electron chi connectivity index (χ4n) is 0.201. The Hall–Kier alpha value is -0.160. The van der Waals surface area contributed by atoms with E-state index in [0.29, 0.717) is 5.16 Å². The maximum atomic E-state index is 4.37. The number of aromatic nitrogens is 2.